The fraction of sp³-hybridized carbons (Fsp3) is 0.533. The topological polar surface area (TPSA) is 43.0 Å². The molecule has 0 bridgehead atoms. The van der Waals surface area contributed by atoms with Crippen molar-refractivity contribution in [2.45, 2.75) is 52.8 Å². The van der Waals surface area contributed by atoms with Crippen LogP contribution < -0.4 is 0 Å². The highest BCUT2D eigenvalue weighted by molar-refractivity contribution is 6.31. The zero-order valence-corrected chi connectivity index (χ0v) is 13.1. The molecule has 20 heavy (non-hydrogen) atoms. The van der Waals surface area contributed by atoms with E-state index in [0.29, 0.717) is 6.54 Å². The third kappa shape index (κ3) is 2.91. The number of aryl methyl sites for hydroxylation is 2. The molecule has 1 atom stereocenters. The Morgan fingerprint density at radius 2 is 2.10 bits per heavy atom. The van der Waals surface area contributed by atoms with Crippen LogP contribution in [0.5, 0.6) is 0 Å². The van der Waals surface area contributed by atoms with E-state index in [1.165, 1.54) is 0 Å². The molecule has 0 amide bonds. The molecule has 0 aliphatic carbocycles. The standard InChI is InChI=1S/C15H22ClN3O/c1-4-12-15(16)13(19(6-3)17-12)10-18-8-7-11(9-18)14(20)5-2/h7-9,14,20H,4-6,10H2,1-3H3. The van der Waals surface area contributed by atoms with Crippen LogP contribution in [0, 0.1) is 0 Å². The number of aromatic nitrogens is 3. The van der Waals surface area contributed by atoms with Crippen molar-refractivity contribution >= 4 is 11.6 Å². The van der Waals surface area contributed by atoms with Crippen molar-refractivity contribution in [3.05, 3.63) is 40.4 Å². The number of nitrogens with zero attached hydrogens (tertiary/aromatic N) is 3. The summed E-state index contributed by atoms with van der Waals surface area (Å²) in [5.41, 5.74) is 2.92. The lowest BCUT2D eigenvalue weighted by Crippen LogP contribution is -2.07. The molecule has 0 saturated heterocycles. The second kappa shape index (κ2) is 6.46. The molecule has 5 heteroatoms. The molecule has 2 aromatic rings. The predicted molar refractivity (Wildman–Crippen MR) is 81.1 cm³/mol. The summed E-state index contributed by atoms with van der Waals surface area (Å²) in [4.78, 5) is 0. The second-order valence-electron chi connectivity index (χ2n) is 4.92. The maximum atomic E-state index is 9.85. The first-order valence-corrected chi connectivity index (χ1v) is 7.56. The number of halogens is 1. The lowest BCUT2D eigenvalue weighted by atomic mass is 10.1. The van der Waals surface area contributed by atoms with Crippen molar-refractivity contribution in [1.29, 1.82) is 0 Å². The van der Waals surface area contributed by atoms with Crippen molar-refractivity contribution in [2.24, 2.45) is 0 Å². The highest BCUT2D eigenvalue weighted by Crippen LogP contribution is 2.23. The Bertz CT molecular complexity index is 574. The fourth-order valence-electron chi connectivity index (χ4n) is 2.33. The minimum Gasteiger partial charge on any atom is -0.388 e. The number of hydrogen-bond acceptors (Lipinski definition) is 2. The normalized spacial score (nSPS) is 12.8. The molecule has 2 aromatic heterocycles. The average Bonchev–Trinajstić information content (AvgIpc) is 3.04. The van der Waals surface area contributed by atoms with Gasteiger partial charge in [-0.15, -0.1) is 0 Å². The fourth-order valence-corrected chi connectivity index (χ4v) is 2.66. The monoisotopic (exact) mass is 295 g/mol. The third-order valence-corrected chi connectivity index (χ3v) is 4.01. The third-order valence-electron chi connectivity index (χ3n) is 3.57. The van der Waals surface area contributed by atoms with E-state index < -0.39 is 6.10 Å². The molecule has 0 aliphatic rings. The van der Waals surface area contributed by atoms with Crippen molar-refractivity contribution in [3.63, 3.8) is 0 Å². The van der Waals surface area contributed by atoms with Gasteiger partial charge >= 0.3 is 0 Å². The Morgan fingerprint density at radius 3 is 2.70 bits per heavy atom. The van der Waals surface area contributed by atoms with Gasteiger partial charge in [0.15, 0.2) is 0 Å². The van der Waals surface area contributed by atoms with Crippen LogP contribution in [0.25, 0.3) is 0 Å². The Kier molecular flexibility index (Phi) is 4.89. The summed E-state index contributed by atoms with van der Waals surface area (Å²) < 4.78 is 4.00. The molecule has 1 unspecified atom stereocenters. The van der Waals surface area contributed by atoms with Gasteiger partial charge in [0.25, 0.3) is 0 Å². The first-order chi connectivity index (χ1) is 9.60. The van der Waals surface area contributed by atoms with Gasteiger partial charge in [0.1, 0.15) is 0 Å². The molecule has 0 fully saturated rings. The van der Waals surface area contributed by atoms with E-state index in [1.54, 1.807) is 0 Å². The minimum absolute atomic E-state index is 0.394. The van der Waals surface area contributed by atoms with Crippen LogP contribution >= 0.6 is 11.6 Å². The summed E-state index contributed by atoms with van der Waals surface area (Å²) in [7, 11) is 0. The van der Waals surface area contributed by atoms with Crippen LogP contribution in [0.4, 0.5) is 0 Å². The van der Waals surface area contributed by atoms with Gasteiger partial charge in [-0.3, -0.25) is 4.68 Å². The first-order valence-electron chi connectivity index (χ1n) is 7.18. The number of aliphatic hydroxyl groups excluding tert-OH is 1. The van der Waals surface area contributed by atoms with Crippen LogP contribution in [-0.2, 0) is 19.5 Å². The smallest absolute Gasteiger partial charge is 0.0868 e. The predicted octanol–water partition coefficient (Wildman–Crippen LogP) is 3.41. The molecule has 2 heterocycles. The van der Waals surface area contributed by atoms with E-state index >= 15 is 0 Å². The molecule has 0 aliphatic heterocycles. The van der Waals surface area contributed by atoms with Crippen molar-refractivity contribution in [1.82, 2.24) is 14.3 Å². The molecule has 1 N–H and O–H groups in total. The number of hydrogen-bond donors (Lipinski definition) is 1. The number of aliphatic hydroxyl groups is 1. The van der Waals surface area contributed by atoms with E-state index in [-0.39, 0.29) is 0 Å². The summed E-state index contributed by atoms with van der Waals surface area (Å²) in [6, 6.07) is 1.95. The van der Waals surface area contributed by atoms with E-state index in [4.69, 9.17) is 11.6 Å². The maximum Gasteiger partial charge on any atom is 0.0868 e. The van der Waals surface area contributed by atoms with Gasteiger partial charge in [-0.1, -0.05) is 25.4 Å². The summed E-state index contributed by atoms with van der Waals surface area (Å²) in [5.74, 6) is 0. The van der Waals surface area contributed by atoms with E-state index in [9.17, 15) is 5.11 Å². The Labute approximate surface area is 125 Å². The van der Waals surface area contributed by atoms with Crippen molar-refractivity contribution in [2.75, 3.05) is 0 Å². The van der Waals surface area contributed by atoms with Gasteiger partial charge in [-0.2, -0.15) is 5.10 Å². The van der Waals surface area contributed by atoms with Crippen LogP contribution in [-0.4, -0.2) is 19.5 Å². The Hall–Kier alpha value is -1.26. The summed E-state index contributed by atoms with van der Waals surface area (Å²) in [6.45, 7) is 7.58. The Morgan fingerprint density at radius 1 is 1.35 bits per heavy atom. The van der Waals surface area contributed by atoms with Crippen molar-refractivity contribution < 1.29 is 5.11 Å². The maximum absolute atomic E-state index is 9.85. The lowest BCUT2D eigenvalue weighted by molar-refractivity contribution is 0.173. The van der Waals surface area contributed by atoms with E-state index in [2.05, 4.69) is 18.9 Å². The molecule has 0 spiro atoms. The average molecular weight is 296 g/mol. The van der Waals surface area contributed by atoms with Gasteiger partial charge in [0, 0.05) is 18.9 Å². The molecule has 110 valence electrons. The van der Waals surface area contributed by atoms with Crippen LogP contribution in [0.1, 0.15) is 50.2 Å². The highest BCUT2D eigenvalue weighted by atomic mass is 35.5. The van der Waals surface area contributed by atoms with Gasteiger partial charge in [-0.05, 0) is 31.4 Å². The highest BCUT2D eigenvalue weighted by Gasteiger charge is 2.15. The molecule has 0 radical (unpaired) electrons. The second-order valence-corrected chi connectivity index (χ2v) is 5.30. The molecule has 0 aromatic carbocycles. The van der Waals surface area contributed by atoms with E-state index in [1.807, 2.05) is 34.6 Å². The summed E-state index contributed by atoms with van der Waals surface area (Å²) >= 11 is 6.41. The van der Waals surface area contributed by atoms with Crippen molar-refractivity contribution in [3.8, 4) is 0 Å². The van der Waals surface area contributed by atoms with Gasteiger partial charge in [0.05, 0.1) is 29.1 Å². The minimum atomic E-state index is -0.394. The molecular weight excluding hydrogens is 274 g/mol. The quantitative estimate of drug-likeness (QED) is 0.887. The van der Waals surface area contributed by atoms with Gasteiger partial charge in [0.2, 0.25) is 0 Å². The SMILES string of the molecule is CCc1nn(CC)c(Cn2ccc(C(O)CC)c2)c1Cl. The summed E-state index contributed by atoms with van der Waals surface area (Å²) in [5, 5.41) is 15.1. The Balaban J connectivity index is 2.25. The number of rotatable bonds is 6. The van der Waals surface area contributed by atoms with E-state index in [0.717, 1.165) is 41.4 Å². The van der Waals surface area contributed by atoms with Crippen LogP contribution in [0.3, 0.4) is 0 Å². The first kappa shape index (κ1) is 15.1. The largest absolute Gasteiger partial charge is 0.388 e. The summed E-state index contributed by atoms with van der Waals surface area (Å²) in [6.07, 6.45) is 5.11. The molecule has 0 saturated carbocycles. The van der Waals surface area contributed by atoms with Gasteiger partial charge < -0.3 is 9.67 Å². The van der Waals surface area contributed by atoms with Crippen LogP contribution in [0.15, 0.2) is 18.5 Å². The zero-order chi connectivity index (χ0) is 14.7. The molecular formula is C15H22ClN3O. The molecule has 2 rings (SSSR count). The zero-order valence-electron chi connectivity index (χ0n) is 12.3. The van der Waals surface area contributed by atoms with Gasteiger partial charge in [-0.25, -0.2) is 0 Å². The lowest BCUT2D eigenvalue weighted by Gasteiger charge is -2.07. The van der Waals surface area contributed by atoms with Crippen LogP contribution in [0.2, 0.25) is 5.02 Å². The molecule has 4 nitrogen and oxygen atoms in total.